The summed E-state index contributed by atoms with van der Waals surface area (Å²) in [6.45, 7) is 6.35. The maximum Gasteiger partial charge on any atom is 0.252 e. The van der Waals surface area contributed by atoms with E-state index in [0.29, 0.717) is 5.69 Å². The molecule has 2 aromatic heterocycles. The smallest absolute Gasteiger partial charge is 0.252 e. The van der Waals surface area contributed by atoms with Gasteiger partial charge in [-0.05, 0) is 155 Å². The third-order valence-electron chi connectivity index (χ3n) is 23.1. The first-order chi connectivity index (χ1) is 55.6. The van der Waals surface area contributed by atoms with Crippen LogP contribution in [0.25, 0.3) is 122 Å². The molecule has 4 nitrogen and oxygen atoms in total. The fraction of sp³-hybridized carbons (Fsp3) is 0.0495. The predicted molar refractivity (Wildman–Crippen MR) is 446 cm³/mol. The van der Waals surface area contributed by atoms with E-state index in [4.69, 9.17) is 2.74 Å². The topological polar surface area (TPSA) is 16.3 Å². The van der Waals surface area contributed by atoms with E-state index in [1.165, 1.54) is 49.9 Å². The van der Waals surface area contributed by atoms with Gasteiger partial charge >= 0.3 is 0 Å². The third-order valence-corrected chi connectivity index (χ3v) is 23.1. The van der Waals surface area contributed by atoms with Gasteiger partial charge in [0.05, 0.1) is 49.8 Å². The molecule has 0 saturated heterocycles. The van der Waals surface area contributed by atoms with Crippen LogP contribution in [0, 0.1) is 0 Å². The van der Waals surface area contributed by atoms with Gasteiger partial charge in [0.1, 0.15) is 0 Å². The number of hydrogen-bond acceptors (Lipinski definition) is 2. The zero-order chi connectivity index (χ0) is 77.1. The van der Waals surface area contributed by atoms with E-state index < -0.39 is 53.8 Å². The normalized spacial score (nSPS) is 14.5. The first-order valence-corrected chi connectivity index (χ1v) is 36.5. The summed E-state index contributed by atoms with van der Waals surface area (Å²) in [6.07, 6.45) is 0. The Morgan fingerprint density at radius 2 is 0.698 bits per heavy atom. The molecule has 16 aromatic carbocycles. The van der Waals surface area contributed by atoms with E-state index in [1.54, 1.807) is 4.57 Å². The molecular formula is C101H69BN4. The van der Waals surface area contributed by atoms with E-state index in [2.05, 4.69) is 332 Å². The molecule has 1 spiro atoms. The van der Waals surface area contributed by atoms with Crippen molar-refractivity contribution >= 4 is 101 Å². The Hall–Kier alpha value is -13.2. The summed E-state index contributed by atoms with van der Waals surface area (Å²) in [5.41, 5.74) is 30.2. The lowest BCUT2D eigenvalue weighted by Crippen LogP contribution is -2.61. The van der Waals surface area contributed by atoms with Gasteiger partial charge in [0, 0.05) is 77.9 Å². The maximum absolute atomic E-state index is 9.85. The van der Waals surface area contributed by atoms with Crippen LogP contribution < -0.4 is 26.2 Å². The average Bonchev–Trinajstić information content (AvgIpc) is 1.35. The van der Waals surface area contributed by atoms with Gasteiger partial charge in [-0.2, -0.15) is 0 Å². The van der Waals surface area contributed by atoms with Gasteiger partial charge in [-0.3, -0.25) is 0 Å². The number of aromatic nitrogens is 2. The molecule has 0 saturated carbocycles. The lowest BCUT2D eigenvalue weighted by Gasteiger charge is -2.46. The molecule has 0 amide bonds. The number of para-hydroxylation sites is 5. The minimum Gasteiger partial charge on any atom is -0.310 e. The summed E-state index contributed by atoms with van der Waals surface area (Å²) in [4.78, 5) is 5.03. The van der Waals surface area contributed by atoms with E-state index in [-0.39, 0.29) is 33.9 Å². The standard InChI is InChI=1S/C101H69BN4/c1-100(2,3)68-60-93-97-94(61-68)106(99-73(66-34-12-6-13-35-66)46-29-47-74(99)67-36-14-7-15-37-67)92-63-70(104-89-53-27-21-43-81(89)95-90(104)59-56-80-77-40-18-24-50-84(77)101(96(80)95)82-48-22-16-38-75(82)76-39-17-23-49-83(76)101)55-58-86(92)102(97)85-57-54-69(103-87-51-25-19-41-78(87)79-42-20-26-52-88(79)103)62-91(85)105(93)98-71(64-30-8-4-9-31-64)44-28-45-72(98)65-32-10-5-11-33-65/h4-63H,1-3H3/i19D,20D,25D,26D,41D,42D,51D,52D. The molecule has 4 heterocycles. The van der Waals surface area contributed by atoms with Crippen molar-refractivity contribution in [3.8, 4) is 78.1 Å². The zero-order valence-electron chi connectivity index (χ0n) is 66.4. The van der Waals surface area contributed by atoms with Crippen molar-refractivity contribution in [1.29, 1.82) is 0 Å². The fourth-order valence-electron chi connectivity index (χ4n) is 18.7. The predicted octanol–water partition coefficient (Wildman–Crippen LogP) is 24.3. The van der Waals surface area contributed by atoms with Crippen LogP contribution in [-0.4, -0.2) is 15.8 Å². The van der Waals surface area contributed by atoms with Crippen LogP contribution >= 0.6 is 0 Å². The summed E-state index contributed by atoms with van der Waals surface area (Å²) in [7, 11) is 0. The highest BCUT2D eigenvalue weighted by Crippen LogP contribution is 2.65. The van der Waals surface area contributed by atoms with Gasteiger partial charge in [-0.25, -0.2) is 0 Å². The number of nitrogens with zero attached hydrogens (tertiary/aromatic N) is 4. The van der Waals surface area contributed by atoms with Crippen molar-refractivity contribution in [1.82, 2.24) is 9.13 Å². The Morgan fingerprint density at radius 1 is 0.311 bits per heavy atom. The van der Waals surface area contributed by atoms with E-state index in [0.717, 1.165) is 123 Å². The van der Waals surface area contributed by atoms with Crippen LogP contribution in [0.5, 0.6) is 0 Å². The summed E-state index contributed by atoms with van der Waals surface area (Å²) in [5, 5.41) is 2.37. The number of anilines is 6. The molecule has 496 valence electrons. The zero-order valence-corrected chi connectivity index (χ0v) is 58.4. The number of hydrogen-bond donors (Lipinski definition) is 0. The van der Waals surface area contributed by atoms with Crippen molar-refractivity contribution in [2.45, 2.75) is 31.6 Å². The molecule has 0 radical (unpaired) electrons. The van der Waals surface area contributed by atoms with Crippen LogP contribution in [-0.2, 0) is 10.8 Å². The van der Waals surface area contributed by atoms with Crippen molar-refractivity contribution in [2.24, 2.45) is 0 Å². The molecule has 5 heteroatoms. The molecule has 22 rings (SSSR count). The van der Waals surface area contributed by atoms with Crippen LogP contribution in [0.2, 0.25) is 0 Å². The number of rotatable bonds is 8. The quantitative estimate of drug-likeness (QED) is 0.141. The van der Waals surface area contributed by atoms with Crippen molar-refractivity contribution in [3.63, 3.8) is 0 Å². The lowest BCUT2D eigenvalue weighted by molar-refractivity contribution is 0.590. The molecule has 4 aliphatic rings. The van der Waals surface area contributed by atoms with Gasteiger partial charge in [-0.15, -0.1) is 0 Å². The third kappa shape index (κ3) is 8.48. The number of benzene rings is 16. The summed E-state index contributed by atoms with van der Waals surface area (Å²) in [6, 6.07) is 111. The minimum absolute atomic E-state index is 0.0115. The van der Waals surface area contributed by atoms with E-state index in [1.807, 2.05) is 18.2 Å². The van der Waals surface area contributed by atoms with Crippen LogP contribution in [0.3, 0.4) is 0 Å². The van der Waals surface area contributed by atoms with Crippen molar-refractivity contribution < 1.29 is 11.0 Å². The first-order valence-electron chi connectivity index (χ1n) is 40.5. The SMILES string of the molecule is [2H]c1c([2H])c([2H])c2c(c1[2H])c1c([2H])c([2H])c([2H])c([2H])c1n2-c1ccc2c(c1)N(c1c(-c3ccccc3)cccc1-c1ccccc1)c1cc(C(C)(C)C)cc3c1B2c1ccc(-n2c4ccccc4c4c5c(ccc42)-c2ccccc2C52c4ccccc4-c4ccccc42)cc1N3c1c(-c2ccccc2)cccc1-c1ccccc1. The molecule has 2 aliphatic carbocycles. The summed E-state index contributed by atoms with van der Waals surface area (Å²) in [5.74, 6) is 0. The Labute approximate surface area is 628 Å². The minimum atomic E-state index is -0.636. The van der Waals surface area contributed by atoms with Gasteiger partial charge in [0.25, 0.3) is 6.71 Å². The van der Waals surface area contributed by atoms with Crippen LogP contribution in [0.15, 0.2) is 364 Å². The highest BCUT2D eigenvalue weighted by Gasteiger charge is 2.53. The molecule has 0 bridgehead atoms. The highest BCUT2D eigenvalue weighted by atomic mass is 15.2. The van der Waals surface area contributed by atoms with Gasteiger partial charge < -0.3 is 18.9 Å². The molecule has 0 N–H and O–H groups in total. The maximum atomic E-state index is 9.85. The Balaban J connectivity index is 0.897. The monoisotopic (exact) mass is 1360 g/mol. The molecule has 2 aliphatic heterocycles. The second kappa shape index (κ2) is 22.9. The van der Waals surface area contributed by atoms with Gasteiger partial charge in [-0.1, -0.05) is 324 Å². The lowest BCUT2D eigenvalue weighted by atomic mass is 9.33. The molecule has 0 unspecified atom stereocenters. The Morgan fingerprint density at radius 3 is 1.15 bits per heavy atom. The van der Waals surface area contributed by atoms with Gasteiger partial charge in [0.15, 0.2) is 0 Å². The molecule has 0 fully saturated rings. The van der Waals surface area contributed by atoms with E-state index >= 15 is 0 Å². The van der Waals surface area contributed by atoms with Gasteiger partial charge in [0.2, 0.25) is 0 Å². The Bertz CT molecular complexity index is 6960. The average molecular weight is 1360 g/mol. The second-order valence-electron chi connectivity index (χ2n) is 29.5. The molecule has 106 heavy (non-hydrogen) atoms. The highest BCUT2D eigenvalue weighted by molar-refractivity contribution is 7.00. The van der Waals surface area contributed by atoms with Crippen molar-refractivity contribution in [3.05, 3.63) is 392 Å². The Kier molecular flexibility index (Phi) is 11.4. The molecule has 0 atom stereocenters. The fourth-order valence-corrected chi connectivity index (χ4v) is 18.7. The summed E-state index contributed by atoms with van der Waals surface area (Å²) >= 11 is 0. The molecular weight excluding hydrogens is 1280 g/mol. The number of fused-ring (bicyclic) bond motifs is 21. The van der Waals surface area contributed by atoms with Crippen LogP contribution in [0.1, 0.15) is 59.6 Å². The first kappa shape index (κ1) is 52.7. The largest absolute Gasteiger partial charge is 0.310 e. The molecule has 18 aromatic rings. The van der Waals surface area contributed by atoms with Crippen LogP contribution in [0.4, 0.5) is 34.1 Å². The second-order valence-corrected chi connectivity index (χ2v) is 29.5. The van der Waals surface area contributed by atoms with Crippen molar-refractivity contribution in [2.75, 3.05) is 9.80 Å². The summed E-state index contributed by atoms with van der Waals surface area (Å²) < 4.78 is 79.8. The van der Waals surface area contributed by atoms with E-state index in [9.17, 15) is 8.22 Å².